The molecule has 2 heterocycles. The molecule has 2 rings (SSSR count). The molecule has 0 unspecified atom stereocenters. The van der Waals surface area contributed by atoms with E-state index in [-0.39, 0.29) is 6.03 Å². The average Bonchev–Trinajstić information content (AvgIpc) is 3.10. The van der Waals surface area contributed by atoms with Crippen LogP contribution in [0.1, 0.15) is 23.7 Å². The van der Waals surface area contributed by atoms with Gasteiger partial charge in [0.1, 0.15) is 0 Å². The first-order valence-electron chi connectivity index (χ1n) is 6.62. The number of hydrogen-bond donors (Lipinski definition) is 1. The molecule has 0 aliphatic carbocycles. The van der Waals surface area contributed by atoms with Crippen molar-refractivity contribution in [1.82, 2.24) is 14.9 Å². The van der Waals surface area contributed by atoms with Crippen molar-refractivity contribution < 1.29 is 4.79 Å². The number of anilines is 1. The second-order valence-electron chi connectivity index (χ2n) is 4.17. The molecule has 108 valence electrons. The molecule has 0 spiro atoms. The lowest BCUT2D eigenvalue weighted by atomic mass is 10.4. The summed E-state index contributed by atoms with van der Waals surface area (Å²) in [5.74, 6) is 0. The average molecular weight is 310 g/mol. The summed E-state index contributed by atoms with van der Waals surface area (Å²) >= 11 is 3.14. The second kappa shape index (κ2) is 7.35. The molecule has 2 aromatic heterocycles. The molecular weight excluding hydrogens is 292 g/mol. The van der Waals surface area contributed by atoms with Crippen molar-refractivity contribution in [2.45, 2.75) is 26.7 Å². The van der Waals surface area contributed by atoms with Gasteiger partial charge in [-0.25, -0.2) is 14.8 Å². The third-order valence-electron chi connectivity index (χ3n) is 2.86. The lowest BCUT2D eigenvalue weighted by Crippen LogP contribution is -2.36. The molecule has 0 fully saturated rings. The van der Waals surface area contributed by atoms with Gasteiger partial charge in [-0.3, -0.25) is 5.32 Å². The highest BCUT2D eigenvalue weighted by Crippen LogP contribution is 2.18. The highest BCUT2D eigenvalue weighted by molar-refractivity contribution is 7.15. The number of carbonyl (C=O) groups is 1. The van der Waals surface area contributed by atoms with E-state index in [1.807, 2.05) is 18.5 Å². The molecule has 2 amide bonds. The maximum atomic E-state index is 12.2. The van der Waals surface area contributed by atoms with Gasteiger partial charge in [-0.2, -0.15) is 0 Å². The third kappa shape index (κ3) is 4.01. The predicted molar refractivity (Wildman–Crippen MR) is 83.6 cm³/mol. The lowest BCUT2D eigenvalue weighted by molar-refractivity contribution is 0.215. The Kier molecular flexibility index (Phi) is 5.49. The molecule has 2 aromatic rings. The first kappa shape index (κ1) is 14.9. The summed E-state index contributed by atoms with van der Waals surface area (Å²) in [6.07, 6.45) is 5.33. The van der Waals surface area contributed by atoms with E-state index in [2.05, 4.69) is 22.2 Å². The number of rotatable bonds is 6. The fourth-order valence-electron chi connectivity index (χ4n) is 1.71. The SMILES string of the molecule is CCc1cnc(NC(=O)N(CC)CCc2nccs2)s1. The van der Waals surface area contributed by atoms with Crippen molar-refractivity contribution in [3.05, 3.63) is 27.7 Å². The topological polar surface area (TPSA) is 58.1 Å². The van der Waals surface area contributed by atoms with Crippen LogP contribution in [0.5, 0.6) is 0 Å². The van der Waals surface area contributed by atoms with Crippen LogP contribution in [0.15, 0.2) is 17.8 Å². The monoisotopic (exact) mass is 310 g/mol. The molecule has 0 radical (unpaired) electrons. The van der Waals surface area contributed by atoms with Gasteiger partial charge in [0.25, 0.3) is 0 Å². The number of hydrogen-bond acceptors (Lipinski definition) is 5. The molecule has 20 heavy (non-hydrogen) atoms. The van der Waals surface area contributed by atoms with Crippen LogP contribution in [0.25, 0.3) is 0 Å². The quantitative estimate of drug-likeness (QED) is 0.891. The number of thiazole rings is 2. The summed E-state index contributed by atoms with van der Waals surface area (Å²) in [6, 6.07) is -0.0962. The van der Waals surface area contributed by atoms with Gasteiger partial charge in [-0.1, -0.05) is 6.92 Å². The number of likely N-dealkylation sites (N-methyl/N-ethyl adjacent to an activating group) is 1. The molecule has 0 aliphatic rings. The second-order valence-corrected chi connectivity index (χ2v) is 6.27. The van der Waals surface area contributed by atoms with Gasteiger partial charge in [-0.15, -0.1) is 22.7 Å². The van der Waals surface area contributed by atoms with E-state index in [1.165, 1.54) is 16.2 Å². The van der Waals surface area contributed by atoms with Crippen molar-refractivity contribution in [3.63, 3.8) is 0 Å². The number of carbonyl (C=O) groups excluding carboxylic acids is 1. The van der Waals surface area contributed by atoms with Crippen LogP contribution in [0.3, 0.4) is 0 Å². The molecule has 0 bridgehead atoms. The Hall–Kier alpha value is -1.47. The Morgan fingerprint density at radius 3 is 2.85 bits per heavy atom. The summed E-state index contributed by atoms with van der Waals surface area (Å²) < 4.78 is 0. The summed E-state index contributed by atoms with van der Waals surface area (Å²) in [7, 11) is 0. The zero-order chi connectivity index (χ0) is 14.4. The summed E-state index contributed by atoms with van der Waals surface area (Å²) in [6.45, 7) is 5.39. The Morgan fingerprint density at radius 1 is 1.40 bits per heavy atom. The van der Waals surface area contributed by atoms with Crippen molar-refractivity contribution in [2.24, 2.45) is 0 Å². The predicted octanol–water partition coefficient (Wildman–Crippen LogP) is 3.26. The number of aromatic nitrogens is 2. The van der Waals surface area contributed by atoms with Gasteiger partial charge >= 0.3 is 6.03 Å². The van der Waals surface area contributed by atoms with Crippen molar-refractivity contribution in [1.29, 1.82) is 0 Å². The molecule has 0 atom stereocenters. The van der Waals surface area contributed by atoms with E-state index in [4.69, 9.17) is 0 Å². The van der Waals surface area contributed by atoms with Crippen LogP contribution >= 0.6 is 22.7 Å². The van der Waals surface area contributed by atoms with Gasteiger partial charge in [0.05, 0.1) is 5.01 Å². The molecule has 0 saturated heterocycles. The third-order valence-corrected chi connectivity index (χ3v) is 4.76. The first-order valence-corrected chi connectivity index (χ1v) is 8.31. The number of urea groups is 1. The van der Waals surface area contributed by atoms with Crippen molar-refractivity contribution in [3.8, 4) is 0 Å². The first-order chi connectivity index (χ1) is 9.72. The smallest absolute Gasteiger partial charge is 0.323 e. The number of amides is 2. The molecule has 1 N–H and O–H groups in total. The zero-order valence-electron chi connectivity index (χ0n) is 11.6. The fraction of sp³-hybridized carbons (Fsp3) is 0.462. The maximum Gasteiger partial charge on any atom is 0.323 e. The van der Waals surface area contributed by atoms with E-state index in [9.17, 15) is 4.79 Å². The molecule has 5 nitrogen and oxygen atoms in total. The van der Waals surface area contributed by atoms with E-state index in [0.717, 1.165) is 17.8 Å². The van der Waals surface area contributed by atoms with Crippen molar-refractivity contribution in [2.75, 3.05) is 18.4 Å². The molecule has 7 heteroatoms. The van der Waals surface area contributed by atoms with Crippen LogP contribution in [0.4, 0.5) is 9.93 Å². The number of aryl methyl sites for hydroxylation is 1. The summed E-state index contributed by atoms with van der Waals surface area (Å²) in [4.78, 5) is 23.5. The fourth-order valence-corrected chi connectivity index (χ4v) is 3.06. The Balaban J connectivity index is 1.87. The minimum absolute atomic E-state index is 0.0962. The zero-order valence-corrected chi connectivity index (χ0v) is 13.3. The van der Waals surface area contributed by atoms with Crippen LogP contribution in [0.2, 0.25) is 0 Å². The normalized spacial score (nSPS) is 10.5. The van der Waals surface area contributed by atoms with Crippen LogP contribution in [-0.2, 0) is 12.8 Å². The van der Waals surface area contributed by atoms with Gasteiger partial charge in [0.2, 0.25) is 0 Å². The Bertz CT molecular complexity index is 538. The maximum absolute atomic E-state index is 12.2. The highest BCUT2D eigenvalue weighted by Gasteiger charge is 2.13. The summed E-state index contributed by atoms with van der Waals surface area (Å²) in [5, 5.41) is 6.53. The number of nitrogens with one attached hydrogen (secondary N) is 1. The molecule has 0 aliphatic heterocycles. The van der Waals surface area contributed by atoms with Gasteiger partial charge in [0, 0.05) is 42.2 Å². The van der Waals surface area contributed by atoms with Gasteiger partial charge in [-0.05, 0) is 13.3 Å². The molecule has 0 saturated carbocycles. The molecular formula is C13H18N4OS2. The largest absolute Gasteiger partial charge is 0.324 e. The Labute approximate surface area is 126 Å². The van der Waals surface area contributed by atoms with Crippen LogP contribution in [-0.4, -0.2) is 34.0 Å². The lowest BCUT2D eigenvalue weighted by Gasteiger charge is -2.19. The van der Waals surface area contributed by atoms with E-state index in [0.29, 0.717) is 18.2 Å². The van der Waals surface area contributed by atoms with Gasteiger partial charge < -0.3 is 4.90 Å². The highest BCUT2D eigenvalue weighted by atomic mass is 32.1. The van der Waals surface area contributed by atoms with Gasteiger partial charge in [0.15, 0.2) is 5.13 Å². The van der Waals surface area contributed by atoms with E-state index in [1.54, 1.807) is 22.4 Å². The standard InChI is InChI=1S/C13H18N4OS2/c1-3-10-9-15-12(20-10)16-13(18)17(4-2)7-5-11-14-6-8-19-11/h6,8-9H,3-5,7H2,1-2H3,(H,15,16,18). The van der Waals surface area contributed by atoms with Crippen molar-refractivity contribution >= 4 is 33.8 Å². The summed E-state index contributed by atoms with van der Waals surface area (Å²) in [5.41, 5.74) is 0. The number of nitrogens with zero attached hydrogens (tertiary/aromatic N) is 3. The minimum atomic E-state index is -0.0962. The minimum Gasteiger partial charge on any atom is -0.324 e. The van der Waals surface area contributed by atoms with Crippen LogP contribution in [0, 0.1) is 0 Å². The van der Waals surface area contributed by atoms with E-state index >= 15 is 0 Å². The Morgan fingerprint density at radius 2 is 2.25 bits per heavy atom. The van der Waals surface area contributed by atoms with Crippen LogP contribution < -0.4 is 5.32 Å². The van der Waals surface area contributed by atoms with E-state index < -0.39 is 0 Å². The molecule has 0 aromatic carbocycles.